The molecule has 28 heavy (non-hydrogen) atoms. The maximum absolute atomic E-state index is 12.9. The molecule has 1 aliphatic rings. The van der Waals surface area contributed by atoms with E-state index in [0.717, 1.165) is 11.0 Å². The van der Waals surface area contributed by atoms with Crippen LogP contribution < -0.4 is 11.2 Å². The monoisotopic (exact) mass is 376 g/mol. The van der Waals surface area contributed by atoms with Gasteiger partial charge >= 0.3 is 5.69 Å². The molecule has 0 fully saturated rings. The first-order chi connectivity index (χ1) is 13.5. The number of aryl methyl sites for hydroxylation is 1. The Morgan fingerprint density at radius 2 is 1.82 bits per heavy atom. The topological polar surface area (TPSA) is 77.2 Å². The van der Waals surface area contributed by atoms with Crippen molar-refractivity contribution in [3.05, 3.63) is 80.6 Å². The second kappa shape index (κ2) is 6.92. The Morgan fingerprint density at radius 3 is 2.50 bits per heavy atom. The van der Waals surface area contributed by atoms with Crippen molar-refractivity contribution in [3.8, 4) is 0 Å². The molecule has 0 spiro atoms. The number of nitrogens with zero attached hydrogens (tertiary/aromatic N) is 4. The molecule has 0 unspecified atom stereocenters. The Labute approximate surface area is 161 Å². The van der Waals surface area contributed by atoms with E-state index in [1.165, 1.54) is 35.0 Å². The van der Waals surface area contributed by atoms with Gasteiger partial charge in [0.15, 0.2) is 0 Å². The third kappa shape index (κ3) is 2.94. The number of carbonyl (C=O) groups is 1. The van der Waals surface area contributed by atoms with Crippen molar-refractivity contribution in [3.63, 3.8) is 0 Å². The molecule has 3 aromatic rings. The Bertz CT molecular complexity index is 1220. The molecule has 2 aromatic heterocycles. The first kappa shape index (κ1) is 17.9. The van der Waals surface area contributed by atoms with E-state index < -0.39 is 11.2 Å². The third-order valence-electron chi connectivity index (χ3n) is 5.18. The van der Waals surface area contributed by atoms with Crippen molar-refractivity contribution >= 4 is 22.5 Å². The van der Waals surface area contributed by atoms with Gasteiger partial charge in [0.1, 0.15) is 5.65 Å². The maximum atomic E-state index is 12.9. The van der Waals surface area contributed by atoms with Crippen molar-refractivity contribution in [1.82, 2.24) is 19.0 Å². The van der Waals surface area contributed by atoms with Crippen LogP contribution in [0.25, 0.3) is 16.6 Å². The van der Waals surface area contributed by atoms with Crippen molar-refractivity contribution in [2.45, 2.75) is 6.42 Å². The minimum atomic E-state index is -0.454. The summed E-state index contributed by atoms with van der Waals surface area (Å²) in [5.74, 6) is -0.173. The molecule has 0 saturated heterocycles. The lowest BCUT2D eigenvalue weighted by molar-refractivity contribution is 0.0772. The number of fused-ring (bicyclic) bond motifs is 1. The summed E-state index contributed by atoms with van der Waals surface area (Å²) in [5.41, 5.74) is 2.12. The predicted octanol–water partition coefficient (Wildman–Crippen LogP) is 1.56. The summed E-state index contributed by atoms with van der Waals surface area (Å²) in [5, 5.41) is 0.257. The van der Waals surface area contributed by atoms with Gasteiger partial charge < -0.3 is 4.90 Å². The molecule has 0 N–H and O–H groups in total. The predicted molar refractivity (Wildman–Crippen MR) is 107 cm³/mol. The van der Waals surface area contributed by atoms with Gasteiger partial charge in [0, 0.05) is 33.4 Å². The Morgan fingerprint density at radius 1 is 1.07 bits per heavy atom. The van der Waals surface area contributed by atoms with Crippen LogP contribution in [0, 0.1) is 0 Å². The van der Waals surface area contributed by atoms with Gasteiger partial charge in [-0.15, -0.1) is 0 Å². The van der Waals surface area contributed by atoms with E-state index in [9.17, 15) is 14.4 Å². The largest absolute Gasteiger partial charge is 0.335 e. The van der Waals surface area contributed by atoms with Gasteiger partial charge in [-0.3, -0.25) is 18.7 Å². The van der Waals surface area contributed by atoms with Gasteiger partial charge in [0.2, 0.25) is 0 Å². The van der Waals surface area contributed by atoms with Crippen LogP contribution in [0.1, 0.15) is 22.3 Å². The average molecular weight is 376 g/mol. The van der Waals surface area contributed by atoms with E-state index in [1.807, 2.05) is 18.2 Å². The first-order valence-corrected chi connectivity index (χ1v) is 9.07. The highest BCUT2D eigenvalue weighted by Crippen LogP contribution is 2.23. The van der Waals surface area contributed by atoms with Crippen molar-refractivity contribution in [2.75, 3.05) is 13.1 Å². The van der Waals surface area contributed by atoms with Crippen LogP contribution in [0.3, 0.4) is 0 Å². The van der Waals surface area contributed by atoms with Crippen LogP contribution in [-0.2, 0) is 14.1 Å². The van der Waals surface area contributed by atoms with Crippen LogP contribution in [-0.4, -0.2) is 38.0 Å². The van der Waals surface area contributed by atoms with E-state index in [1.54, 1.807) is 11.9 Å². The van der Waals surface area contributed by atoms with Gasteiger partial charge in [0.25, 0.3) is 11.5 Å². The number of aromatic nitrogens is 3. The summed E-state index contributed by atoms with van der Waals surface area (Å²) in [6.07, 6.45) is 4.26. The highest BCUT2D eigenvalue weighted by atomic mass is 16.2. The lowest BCUT2D eigenvalue weighted by Crippen LogP contribution is -2.38. The molecule has 0 bridgehead atoms. The molecule has 7 heteroatoms. The van der Waals surface area contributed by atoms with Gasteiger partial charge in [0.05, 0.1) is 10.9 Å². The molecule has 3 heterocycles. The summed E-state index contributed by atoms with van der Waals surface area (Å²) in [6, 6.07) is 11.6. The summed E-state index contributed by atoms with van der Waals surface area (Å²) >= 11 is 0. The number of hydrogen-bond acceptors (Lipinski definition) is 4. The average Bonchev–Trinajstić information content (AvgIpc) is 2.76. The second-order valence-corrected chi connectivity index (χ2v) is 6.90. The number of hydrogen-bond donors (Lipinski definition) is 0. The minimum absolute atomic E-state index is 0.173. The van der Waals surface area contributed by atoms with Crippen LogP contribution in [0.2, 0.25) is 0 Å². The van der Waals surface area contributed by atoms with Crippen LogP contribution in [0.4, 0.5) is 0 Å². The third-order valence-corrected chi connectivity index (χ3v) is 5.18. The van der Waals surface area contributed by atoms with E-state index in [4.69, 9.17) is 0 Å². The number of amides is 1. The molecule has 142 valence electrons. The Hall–Kier alpha value is -3.48. The fourth-order valence-electron chi connectivity index (χ4n) is 3.53. The van der Waals surface area contributed by atoms with Crippen LogP contribution >= 0.6 is 0 Å². The van der Waals surface area contributed by atoms with Gasteiger partial charge in [-0.2, -0.15) is 0 Å². The standard InChI is InChI=1S/C21H20N4O3/c1-23-18-17(20(27)24(2)21(23)28)12-16(13-22-18)19(26)25-10-8-15(9-11-25)14-6-4-3-5-7-14/h3-8,12-13H,9-11H2,1-2H3. The molecule has 1 aromatic carbocycles. The van der Waals surface area contributed by atoms with Crippen molar-refractivity contribution < 1.29 is 4.79 Å². The number of pyridine rings is 1. The van der Waals surface area contributed by atoms with Crippen molar-refractivity contribution in [1.29, 1.82) is 0 Å². The molecule has 1 aliphatic heterocycles. The van der Waals surface area contributed by atoms with Crippen LogP contribution in [0.5, 0.6) is 0 Å². The number of carbonyl (C=O) groups excluding carboxylic acids is 1. The lowest BCUT2D eigenvalue weighted by atomic mass is 9.99. The molecule has 1 amide bonds. The van der Waals surface area contributed by atoms with Gasteiger partial charge in [-0.1, -0.05) is 36.4 Å². The highest BCUT2D eigenvalue weighted by Gasteiger charge is 2.21. The SMILES string of the molecule is Cn1c(=O)c2cc(C(=O)N3CC=C(c4ccccc4)CC3)cnc2n(C)c1=O. The molecule has 0 aliphatic carbocycles. The lowest BCUT2D eigenvalue weighted by Gasteiger charge is -2.26. The minimum Gasteiger partial charge on any atom is -0.335 e. The molecule has 0 radical (unpaired) electrons. The zero-order valence-electron chi connectivity index (χ0n) is 15.8. The summed E-state index contributed by atoms with van der Waals surface area (Å²) < 4.78 is 2.33. The maximum Gasteiger partial charge on any atom is 0.332 e. The highest BCUT2D eigenvalue weighted by molar-refractivity contribution is 5.97. The Balaban J connectivity index is 1.64. The first-order valence-electron chi connectivity index (χ1n) is 9.07. The Kier molecular flexibility index (Phi) is 4.43. The van der Waals surface area contributed by atoms with E-state index in [-0.39, 0.29) is 16.9 Å². The zero-order valence-corrected chi connectivity index (χ0v) is 15.8. The van der Waals surface area contributed by atoms with Gasteiger partial charge in [-0.05, 0) is 23.6 Å². The van der Waals surface area contributed by atoms with E-state index in [2.05, 4.69) is 23.2 Å². The zero-order chi connectivity index (χ0) is 19.8. The smallest absolute Gasteiger partial charge is 0.332 e. The number of rotatable bonds is 2. The summed E-state index contributed by atoms with van der Waals surface area (Å²) in [6.45, 7) is 1.11. The summed E-state index contributed by atoms with van der Waals surface area (Å²) in [7, 11) is 2.97. The normalized spacial score (nSPS) is 14.2. The van der Waals surface area contributed by atoms with Crippen molar-refractivity contribution in [2.24, 2.45) is 14.1 Å². The molecular formula is C21H20N4O3. The summed E-state index contributed by atoms with van der Waals surface area (Å²) in [4.78, 5) is 43.3. The molecule has 4 rings (SSSR count). The fraction of sp³-hybridized carbons (Fsp3) is 0.238. The molecule has 0 saturated carbocycles. The molecule has 7 nitrogen and oxygen atoms in total. The van der Waals surface area contributed by atoms with Crippen LogP contribution in [0.15, 0.2) is 58.3 Å². The van der Waals surface area contributed by atoms with E-state index in [0.29, 0.717) is 18.7 Å². The second-order valence-electron chi connectivity index (χ2n) is 6.90. The molecular weight excluding hydrogens is 356 g/mol. The fourth-order valence-corrected chi connectivity index (χ4v) is 3.53. The number of benzene rings is 1. The van der Waals surface area contributed by atoms with E-state index >= 15 is 0 Å². The quantitative estimate of drug-likeness (QED) is 0.680. The molecule has 0 atom stereocenters. The van der Waals surface area contributed by atoms with Gasteiger partial charge in [-0.25, -0.2) is 9.78 Å².